The molecule has 1 N–H and O–H groups in total. The Morgan fingerprint density at radius 1 is 0.538 bits per heavy atom. The number of benzene rings is 6. The first-order chi connectivity index (χ1) is 25.2. The molecular formula is C48H39N3O. The average Bonchev–Trinajstić information content (AvgIpc) is 3.62. The van der Waals surface area contributed by atoms with Gasteiger partial charge in [-0.15, -0.1) is 0 Å². The number of hydrogen-bond acceptors (Lipinski definition) is 3. The first-order valence-corrected chi connectivity index (χ1v) is 17.9. The van der Waals surface area contributed by atoms with Gasteiger partial charge < -0.3 is 5.11 Å². The molecule has 0 amide bonds. The van der Waals surface area contributed by atoms with Crippen LogP contribution in [-0.2, 0) is 10.8 Å². The van der Waals surface area contributed by atoms with Crippen LogP contribution in [0.4, 0.5) is 0 Å². The molecule has 4 nitrogen and oxygen atoms in total. The number of rotatable bonds is 5. The highest BCUT2D eigenvalue weighted by atomic mass is 16.3. The third-order valence-electron chi connectivity index (χ3n) is 11.6. The highest BCUT2D eigenvalue weighted by molar-refractivity contribution is 5.94. The predicted octanol–water partition coefficient (Wildman–Crippen LogP) is 12.0. The summed E-state index contributed by atoms with van der Waals surface area (Å²) in [6.45, 7) is 9.19. The van der Waals surface area contributed by atoms with Gasteiger partial charge in [0.25, 0.3) is 0 Å². The van der Waals surface area contributed by atoms with Gasteiger partial charge in [0.2, 0.25) is 0 Å². The van der Waals surface area contributed by atoms with Gasteiger partial charge in [0.15, 0.2) is 0 Å². The van der Waals surface area contributed by atoms with Gasteiger partial charge in [0.1, 0.15) is 11.6 Å². The number of imidazole rings is 1. The molecule has 0 bridgehead atoms. The quantitative estimate of drug-likeness (QED) is 0.198. The molecule has 1 aliphatic rings. The Balaban J connectivity index is 1.37. The van der Waals surface area contributed by atoms with E-state index in [-0.39, 0.29) is 10.8 Å². The van der Waals surface area contributed by atoms with E-state index in [0.717, 1.165) is 78.2 Å². The molecule has 9 rings (SSSR count). The summed E-state index contributed by atoms with van der Waals surface area (Å²) in [6.07, 6.45) is 4.02. The lowest BCUT2D eigenvalue weighted by Gasteiger charge is -2.48. The number of nitrogens with zero attached hydrogens (tertiary/aromatic N) is 3. The summed E-state index contributed by atoms with van der Waals surface area (Å²) in [7, 11) is 0. The van der Waals surface area contributed by atoms with Gasteiger partial charge in [0.05, 0.1) is 16.9 Å². The van der Waals surface area contributed by atoms with Crippen LogP contribution in [0.15, 0.2) is 158 Å². The van der Waals surface area contributed by atoms with E-state index in [1.807, 2.05) is 18.3 Å². The minimum absolute atomic E-state index is 0.197. The standard InChI is InChI=1S/C48H39N3O/c1-47(2)39-27-26-34(29-38(39)43-40(48(47,3)4)24-13-25-42(43)52)46-50-41(37-23-11-19-33-20-14-28-49-44(33)37)30-51(46)45-35(31-15-7-5-8-16-31)21-12-22-36(45)32-17-9-6-10-18-32/h5-30,52H,1-4H3. The first-order valence-electron chi connectivity index (χ1n) is 17.9. The summed E-state index contributed by atoms with van der Waals surface area (Å²) in [6, 6.07) is 50.7. The molecule has 2 aromatic heterocycles. The summed E-state index contributed by atoms with van der Waals surface area (Å²) < 4.78 is 2.27. The van der Waals surface area contributed by atoms with Crippen molar-refractivity contribution in [3.05, 3.63) is 169 Å². The second kappa shape index (κ2) is 11.9. The highest BCUT2D eigenvalue weighted by Crippen LogP contribution is 2.56. The minimum Gasteiger partial charge on any atom is -0.507 e. The molecule has 0 radical (unpaired) electrons. The third-order valence-corrected chi connectivity index (χ3v) is 11.6. The molecule has 0 saturated carbocycles. The Bertz CT molecular complexity index is 2570. The second-order valence-electron chi connectivity index (χ2n) is 14.8. The van der Waals surface area contributed by atoms with Crippen LogP contribution in [0.2, 0.25) is 0 Å². The fourth-order valence-corrected chi connectivity index (χ4v) is 8.15. The van der Waals surface area contributed by atoms with Crippen molar-refractivity contribution in [1.82, 2.24) is 14.5 Å². The van der Waals surface area contributed by atoms with E-state index in [1.165, 1.54) is 5.56 Å². The van der Waals surface area contributed by atoms with E-state index in [0.29, 0.717) is 5.75 Å². The van der Waals surface area contributed by atoms with Gasteiger partial charge in [0, 0.05) is 45.6 Å². The molecule has 0 saturated heterocycles. The van der Waals surface area contributed by atoms with Crippen molar-refractivity contribution in [3.8, 4) is 67.5 Å². The molecule has 52 heavy (non-hydrogen) atoms. The predicted molar refractivity (Wildman–Crippen MR) is 214 cm³/mol. The van der Waals surface area contributed by atoms with Crippen LogP contribution in [0, 0.1) is 0 Å². The van der Waals surface area contributed by atoms with Gasteiger partial charge >= 0.3 is 0 Å². The van der Waals surface area contributed by atoms with Crippen LogP contribution < -0.4 is 0 Å². The lowest BCUT2D eigenvalue weighted by Crippen LogP contribution is -2.43. The summed E-state index contributed by atoms with van der Waals surface area (Å²) in [4.78, 5) is 10.3. The van der Waals surface area contributed by atoms with Crippen molar-refractivity contribution in [2.75, 3.05) is 0 Å². The highest BCUT2D eigenvalue weighted by Gasteiger charge is 2.46. The topological polar surface area (TPSA) is 50.9 Å². The largest absolute Gasteiger partial charge is 0.507 e. The molecule has 0 atom stereocenters. The minimum atomic E-state index is -0.207. The van der Waals surface area contributed by atoms with Gasteiger partial charge in [-0.1, -0.05) is 155 Å². The number of fused-ring (bicyclic) bond motifs is 4. The second-order valence-corrected chi connectivity index (χ2v) is 14.8. The van der Waals surface area contributed by atoms with Crippen LogP contribution in [0.1, 0.15) is 38.8 Å². The zero-order valence-electron chi connectivity index (χ0n) is 29.8. The Morgan fingerprint density at radius 2 is 1.15 bits per heavy atom. The van der Waals surface area contributed by atoms with Crippen molar-refractivity contribution < 1.29 is 5.11 Å². The molecule has 0 fully saturated rings. The van der Waals surface area contributed by atoms with E-state index in [1.54, 1.807) is 6.07 Å². The maximum Gasteiger partial charge on any atom is 0.145 e. The fourth-order valence-electron chi connectivity index (χ4n) is 8.15. The summed E-state index contributed by atoms with van der Waals surface area (Å²) in [5.41, 5.74) is 13.1. The smallest absolute Gasteiger partial charge is 0.145 e. The number of aromatic hydroxyl groups is 1. The Hall–Kier alpha value is -6.26. The Kier molecular flexibility index (Phi) is 7.27. The van der Waals surface area contributed by atoms with E-state index in [9.17, 15) is 5.11 Å². The number of hydrogen-bond donors (Lipinski definition) is 1. The van der Waals surface area contributed by atoms with Gasteiger partial charge in [-0.2, -0.15) is 0 Å². The van der Waals surface area contributed by atoms with Gasteiger partial charge in [-0.3, -0.25) is 9.55 Å². The lowest BCUT2D eigenvalue weighted by atomic mass is 9.55. The van der Waals surface area contributed by atoms with E-state index in [4.69, 9.17) is 9.97 Å². The number of aromatic nitrogens is 3. The maximum absolute atomic E-state index is 11.5. The van der Waals surface area contributed by atoms with Crippen LogP contribution in [0.3, 0.4) is 0 Å². The van der Waals surface area contributed by atoms with E-state index in [2.05, 4.69) is 166 Å². The van der Waals surface area contributed by atoms with Crippen LogP contribution in [-0.4, -0.2) is 19.6 Å². The normalized spacial score (nSPS) is 14.2. The van der Waals surface area contributed by atoms with E-state index >= 15 is 0 Å². The van der Waals surface area contributed by atoms with Crippen molar-refractivity contribution in [1.29, 1.82) is 0 Å². The molecule has 252 valence electrons. The van der Waals surface area contributed by atoms with Gasteiger partial charge in [-0.05, 0) is 56.8 Å². The first kappa shape index (κ1) is 31.7. The van der Waals surface area contributed by atoms with Crippen LogP contribution >= 0.6 is 0 Å². The van der Waals surface area contributed by atoms with Crippen molar-refractivity contribution in [2.45, 2.75) is 38.5 Å². The van der Waals surface area contributed by atoms with E-state index < -0.39 is 0 Å². The zero-order valence-corrected chi connectivity index (χ0v) is 29.8. The SMILES string of the molecule is CC1(C)c2ccc(-c3nc(-c4cccc5cccnc45)cn3-c3c(-c4ccccc4)cccc3-c3ccccc3)cc2-c2c(O)cccc2C1(C)C. The van der Waals surface area contributed by atoms with Crippen molar-refractivity contribution >= 4 is 10.9 Å². The van der Waals surface area contributed by atoms with Crippen molar-refractivity contribution in [2.24, 2.45) is 0 Å². The molecule has 6 aromatic carbocycles. The number of pyridine rings is 1. The molecule has 0 unspecified atom stereocenters. The average molecular weight is 674 g/mol. The molecule has 4 heteroatoms. The molecule has 0 spiro atoms. The molecule has 1 aliphatic carbocycles. The number of phenols is 1. The summed E-state index contributed by atoms with van der Waals surface area (Å²) in [5.74, 6) is 1.11. The molecule has 8 aromatic rings. The van der Waals surface area contributed by atoms with Crippen LogP contribution in [0.25, 0.3) is 72.6 Å². The zero-order chi connectivity index (χ0) is 35.6. The lowest BCUT2D eigenvalue weighted by molar-refractivity contribution is 0.297. The summed E-state index contributed by atoms with van der Waals surface area (Å²) in [5, 5.41) is 12.5. The number of phenolic OH excluding ortho intramolecular Hbond substituents is 1. The fraction of sp³-hybridized carbons (Fsp3) is 0.125. The maximum atomic E-state index is 11.5. The summed E-state index contributed by atoms with van der Waals surface area (Å²) >= 11 is 0. The van der Waals surface area contributed by atoms with Crippen molar-refractivity contribution in [3.63, 3.8) is 0 Å². The van der Waals surface area contributed by atoms with Crippen LogP contribution in [0.5, 0.6) is 5.75 Å². The molecule has 0 aliphatic heterocycles. The number of para-hydroxylation sites is 2. The molecular weight excluding hydrogens is 635 g/mol. The monoisotopic (exact) mass is 673 g/mol. The van der Waals surface area contributed by atoms with Gasteiger partial charge in [-0.25, -0.2) is 4.98 Å². The Labute approximate surface area is 304 Å². The third kappa shape index (κ3) is 4.82. The molecule has 2 heterocycles. The Morgan fingerprint density at radius 3 is 1.87 bits per heavy atom.